The van der Waals surface area contributed by atoms with Crippen molar-refractivity contribution in [2.24, 2.45) is 5.92 Å². The molecule has 1 atom stereocenters. The minimum Gasteiger partial charge on any atom is -0.370 e. The van der Waals surface area contributed by atoms with Crippen molar-refractivity contribution >= 4 is 18.3 Å². The normalized spacial score (nSPS) is 22.7. The van der Waals surface area contributed by atoms with Gasteiger partial charge >= 0.3 is 0 Å². The molecule has 0 aliphatic carbocycles. The molecule has 1 aromatic rings. The van der Waals surface area contributed by atoms with E-state index in [1.165, 1.54) is 0 Å². The van der Waals surface area contributed by atoms with Crippen LogP contribution in [0.25, 0.3) is 0 Å². The number of aryl methyl sites for hydroxylation is 2. The first-order chi connectivity index (χ1) is 11.9. The van der Waals surface area contributed by atoms with E-state index in [1.54, 1.807) is 15.7 Å². The summed E-state index contributed by atoms with van der Waals surface area (Å²) in [5.74, 6) is 0.356. The summed E-state index contributed by atoms with van der Waals surface area (Å²) in [6.45, 7) is 10.2. The lowest BCUT2D eigenvalue weighted by molar-refractivity contribution is -0.0559. The van der Waals surface area contributed by atoms with Gasteiger partial charge in [0.15, 0.2) is 0 Å². The maximum atomic E-state index is 13.0. The predicted molar refractivity (Wildman–Crippen MR) is 104 cm³/mol. The first-order valence-electron chi connectivity index (χ1n) is 9.26. The monoisotopic (exact) mass is 383 g/mol. The van der Waals surface area contributed by atoms with E-state index in [-0.39, 0.29) is 29.5 Å². The zero-order valence-electron chi connectivity index (χ0n) is 15.9. The highest BCUT2D eigenvalue weighted by molar-refractivity contribution is 5.95. The van der Waals surface area contributed by atoms with Crippen molar-refractivity contribution < 1.29 is 9.53 Å². The fourth-order valence-corrected chi connectivity index (χ4v) is 3.64. The smallest absolute Gasteiger partial charge is 0.263 e. The molecule has 0 saturated carbocycles. The molecule has 0 bridgehead atoms. The Bertz CT molecular complexity index is 696. The average molecular weight is 384 g/mol. The molecule has 146 valence electrons. The number of nitrogens with zero attached hydrogens (tertiary/aromatic N) is 2. The zero-order valence-corrected chi connectivity index (χ0v) is 16.7. The number of pyridine rings is 1. The van der Waals surface area contributed by atoms with Gasteiger partial charge < -0.3 is 19.5 Å². The molecule has 1 N–H and O–H groups in total. The molecule has 2 fully saturated rings. The molecule has 6 nitrogen and oxygen atoms in total. The molecule has 3 rings (SSSR count). The lowest BCUT2D eigenvalue weighted by Crippen LogP contribution is -2.52. The molecule has 1 amide bonds. The molecule has 7 heteroatoms. The average Bonchev–Trinajstić information content (AvgIpc) is 2.98. The SMILES string of the molecule is Cc1ccn(CCC(C)C)c(=O)c1C(=O)N1CCC2(CNCCO2)C1.Cl. The van der Waals surface area contributed by atoms with Crippen molar-refractivity contribution in [3.63, 3.8) is 0 Å². The number of hydrogen-bond donors (Lipinski definition) is 1. The Hall–Kier alpha value is -1.37. The van der Waals surface area contributed by atoms with Gasteiger partial charge in [-0.3, -0.25) is 9.59 Å². The van der Waals surface area contributed by atoms with Crippen LogP contribution in [0.5, 0.6) is 0 Å². The van der Waals surface area contributed by atoms with Gasteiger partial charge in [0.1, 0.15) is 5.56 Å². The summed E-state index contributed by atoms with van der Waals surface area (Å²) in [7, 11) is 0. The number of hydrogen-bond acceptors (Lipinski definition) is 4. The minimum absolute atomic E-state index is 0. The van der Waals surface area contributed by atoms with E-state index in [9.17, 15) is 9.59 Å². The number of carbonyl (C=O) groups excluding carboxylic acids is 1. The maximum Gasteiger partial charge on any atom is 0.263 e. The van der Waals surface area contributed by atoms with Crippen LogP contribution in [0.3, 0.4) is 0 Å². The fourth-order valence-electron chi connectivity index (χ4n) is 3.64. The number of rotatable bonds is 4. The molecule has 0 aromatic carbocycles. The van der Waals surface area contributed by atoms with E-state index in [4.69, 9.17) is 4.74 Å². The van der Waals surface area contributed by atoms with Crippen LogP contribution < -0.4 is 10.9 Å². The van der Waals surface area contributed by atoms with Crippen molar-refractivity contribution in [3.8, 4) is 0 Å². The van der Waals surface area contributed by atoms with Crippen LogP contribution in [-0.4, -0.2) is 53.8 Å². The number of halogens is 1. The van der Waals surface area contributed by atoms with Gasteiger partial charge in [0.25, 0.3) is 11.5 Å². The standard InChI is InChI=1S/C19H29N3O3.ClH/c1-14(2)4-8-21-9-5-15(3)16(17(21)23)18(24)22-10-6-19(13-22)12-20-7-11-25-19;/h5,9,14,20H,4,6-8,10-13H2,1-3H3;1H. The van der Waals surface area contributed by atoms with Crippen molar-refractivity contribution in [3.05, 3.63) is 33.7 Å². The Morgan fingerprint density at radius 3 is 2.85 bits per heavy atom. The summed E-state index contributed by atoms with van der Waals surface area (Å²) in [4.78, 5) is 27.7. The second-order valence-electron chi connectivity index (χ2n) is 7.74. The highest BCUT2D eigenvalue weighted by Gasteiger charge is 2.42. The highest BCUT2D eigenvalue weighted by atomic mass is 35.5. The largest absolute Gasteiger partial charge is 0.370 e. The van der Waals surface area contributed by atoms with E-state index in [0.717, 1.165) is 31.5 Å². The zero-order chi connectivity index (χ0) is 18.0. The molecule has 1 unspecified atom stereocenters. The van der Waals surface area contributed by atoms with Crippen molar-refractivity contribution in [1.82, 2.24) is 14.8 Å². The third-order valence-electron chi connectivity index (χ3n) is 5.27. The van der Waals surface area contributed by atoms with E-state index in [0.29, 0.717) is 37.7 Å². The van der Waals surface area contributed by atoms with Gasteiger partial charge in [-0.25, -0.2) is 0 Å². The number of ether oxygens (including phenoxy) is 1. The third kappa shape index (κ3) is 4.30. The molecule has 2 saturated heterocycles. The molecule has 0 radical (unpaired) electrons. The fraction of sp³-hybridized carbons (Fsp3) is 0.684. The first kappa shape index (κ1) is 20.9. The molecule has 26 heavy (non-hydrogen) atoms. The predicted octanol–water partition coefficient (Wildman–Crippen LogP) is 1.83. The van der Waals surface area contributed by atoms with Crippen molar-refractivity contribution in [2.45, 2.75) is 45.8 Å². The molecule has 3 heterocycles. The minimum atomic E-state index is -0.284. The van der Waals surface area contributed by atoms with Crippen molar-refractivity contribution in [2.75, 3.05) is 32.8 Å². The van der Waals surface area contributed by atoms with Gasteiger partial charge in [-0.2, -0.15) is 0 Å². The van der Waals surface area contributed by atoms with Crippen LogP contribution in [0.4, 0.5) is 0 Å². The van der Waals surface area contributed by atoms with Gasteiger partial charge in [0, 0.05) is 32.4 Å². The Morgan fingerprint density at radius 2 is 2.19 bits per heavy atom. The summed E-state index contributed by atoms with van der Waals surface area (Å²) in [5.41, 5.74) is 0.605. The first-order valence-corrected chi connectivity index (χ1v) is 9.26. The number of likely N-dealkylation sites (tertiary alicyclic amines) is 1. The van der Waals surface area contributed by atoms with E-state index in [1.807, 2.05) is 13.0 Å². The number of morpholine rings is 1. The van der Waals surface area contributed by atoms with E-state index < -0.39 is 0 Å². The topological polar surface area (TPSA) is 63.6 Å². The molecule has 2 aliphatic heterocycles. The Kier molecular flexibility index (Phi) is 6.88. The van der Waals surface area contributed by atoms with Crippen LogP contribution >= 0.6 is 12.4 Å². The van der Waals surface area contributed by atoms with Crippen LogP contribution in [0, 0.1) is 12.8 Å². The number of amides is 1. The van der Waals surface area contributed by atoms with Gasteiger partial charge in [0.05, 0.1) is 18.8 Å². The highest BCUT2D eigenvalue weighted by Crippen LogP contribution is 2.27. The quantitative estimate of drug-likeness (QED) is 0.861. The van der Waals surface area contributed by atoms with Crippen LogP contribution in [-0.2, 0) is 11.3 Å². The Balaban J connectivity index is 0.00000243. The van der Waals surface area contributed by atoms with Crippen LogP contribution in [0.2, 0.25) is 0 Å². The molecule has 1 spiro atoms. The summed E-state index contributed by atoms with van der Waals surface area (Å²) in [6.07, 6.45) is 3.54. The van der Waals surface area contributed by atoms with Gasteiger partial charge in [0.2, 0.25) is 0 Å². The summed E-state index contributed by atoms with van der Waals surface area (Å²) in [6, 6.07) is 1.87. The van der Waals surface area contributed by atoms with E-state index in [2.05, 4.69) is 19.2 Å². The third-order valence-corrected chi connectivity index (χ3v) is 5.27. The van der Waals surface area contributed by atoms with Crippen molar-refractivity contribution in [1.29, 1.82) is 0 Å². The molecular formula is C19H30ClN3O3. The lowest BCUT2D eigenvalue weighted by atomic mass is 10.0. The van der Waals surface area contributed by atoms with Crippen LogP contribution in [0.15, 0.2) is 17.1 Å². The summed E-state index contributed by atoms with van der Waals surface area (Å²) >= 11 is 0. The number of aromatic nitrogens is 1. The van der Waals surface area contributed by atoms with Gasteiger partial charge in [-0.15, -0.1) is 12.4 Å². The summed E-state index contributed by atoms with van der Waals surface area (Å²) < 4.78 is 7.62. The Labute approximate surface area is 161 Å². The van der Waals surface area contributed by atoms with E-state index >= 15 is 0 Å². The van der Waals surface area contributed by atoms with Gasteiger partial charge in [-0.1, -0.05) is 13.8 Å². The molecule has 1 aromatic heterocycles. The van der Waals surface area contributed by atoms with Crippen LogP contribution in [0.1, 0.15) is 42.6 Å². The molecular weight excluding hydrogens is 354 g/mol. The number of carbonyl (C=O) groups is 1. The van der Waals surface area contributed by atoms with Gasteiger partial charge in [-0.05, 0) is 37.3 Å². The second kappa shape index (κ2) is 8.55. The number of nitrogens with one attached hydrogen (secondary N) is 1. The maximum absolute atomic E-state index is 13.0. The summed E-state index contributed by atoms with van der Waals surface area (Å²) in [5, 5.41) is 3.35. The Morgan fingerprint density at radius 1 is 1.42 bits per heavy atom. The second-order valence-corrected chi connectivity index (χ2v) is 7.74. The lowest BCUT2D eigenvalue weighted by Gasteiger charge is -2.34. The molecule has 2 aliphatic rings.